The summed E-state index contributed by atoms with van der Waals surface area (Å²) in [5.41, 5.74) is 11.0. The van der Waals surface area contributed by atoms with E-state index in [-0.39, 0.29) is 0 Å². The second-order valence-corrected chi connectivity index (χ2v) is 20.0. The highest BCUT2D eigenvalue weighted by molar-refractivity contribution is 6.07. The Morgan fingerprint density at radius 1 is 0.458 bits per heavy atom. The van der Waals surface area contributed by atoms with Crippen LogP contribution in [0.25, 0.3) is 67.2 Å². The molecule has 0 unspecified atom stereocenters. The SMILES string of the molecule is N#Cc1cccc2c1oc1ccc(-c3ccc(-c4nc(-c5ccc(C67CC8CC(CC(C8)C6)C7)cc5)nc(-c5ccc(C67CC8CC(CC(C8)C6)C7)cc5)n4)cc3)cc12. The molecule has 290 valence electrons. The van der Waals surface area contributed by atoms with E-state index in [9.17, 15) is 5.26 Å². The Balaban J connectivity index is 0.861. The standard InChI is InChI=1S/C54H48N4O/c55-31-43-2-1-3-46-47-24-42(12-17-48(47)59-49(43)46)38-4-6-39(7-5-38)50-56-51(40-8-13-44(14-9-40)53-25-32-18-33(26-53)20-34(19-32)27-53)58-52(57-50)41-10-15-45(16-11-41)54-28-35-21-36(29-54)23-37(22-35)30-54/h1-17,24,32-37H,18-23,25-30H2. The van der Waals surface area contributed by atoms with Crippen LogP contribution in [0.5, 0.6) is 0 Å². The van der Waals surface area contributed by atoms with Gasteiger partial charge in [-0.05, 0) is 164 Å². The van der Waals surface area contributed by atoms with Gasteiger partial charge in [-0.1, -0.05) is 91.0 Å². The van der Waals surface area contributed by atoms with Gasteiger partial charge >= 0.3 is 0 Å². The third-order valence-electron chi connectivity index (χ3n) is 16.3. The van der Waals surface area contributed by atoms with Gasteiger partial charge in [0.25, 0.3) is 0 Å². The summed E-state index contributed by atoms with van der Waals surface area (Å²) in [6.45, 7) is 0. The predicted molar refractivity (Wildman–Crippen MR) is 233 cm³/mol. The highest BCUT2D eigenvalue weighted by Gasteiger charge is 2.52. The zero-order chi connectivity index (χ0) is 38.9. The number of hydrogen-bond acceptors (Lipinski definition) is 5. The van der Waals surface area contributed by atoms with Crippen LogP contribution in [0.15, 0.2) is 114 Å². The van der Waals surface area contributed by atoms with Gasteiger partial charge in [-0.15, -0.1) is 0 Å². The van der Waals surface area contributed by atoms with Crippen LogP contribution < -0.4 is 0 Å². The third kappa shape index (κ3) is 5.51. The molecule has 8 aliphatic carbocycles. The first kappa shape index (κ1) is 34.3. The maximum atomic E-state index is 9.65. The molecule has 0 amide bonds. The van der Waals surface area contributed by atoms with Gasteiger partial charge in [0.1, 0.15) is 11.7 Å². The minimum atomic E-state index is 0.359. The average molecular weight is 769 g/mol. The van der Waals surface area contributed by atoms with Crippen molar-refractivity contribution < 1.29 is 4.42 Å². The maximum Gasteiger partial charge on any atom is 0.164 e. The zero-order valence-corrected chi connectivity index (χ0v) is 33.5. The van der Waals surface area contributed by atoms with Gasteiger partial charge in [0.15, 0.2) is 23.1 Å². The molecule has 0 N–H and O–H groups in total. The van der Waals surface area contributed by atoms with Crippen LogP contribution in [0.3, 0.4) is 0 Å². The number of fused-ring (bicyclic) bond motifs is 3. The van der Waals surface area contributed by atoms with Crippen molar-refractivity contribution in [1.29, 1.82) is 5.26 Å². The molecular weight excluding hydrogens is 721 g/mol. The van der Waals surface area contributed by atoms with Crippen molar-refractivity contribution in [3.05, 3.63) is 126 Å². The number of para-hydroxylation sites is 1. The minimum absolute atomic E-state index is 0.359. The molecule has 8 bridgehead atoms. The van der Waals surface area contributed by atoms with Gasteiger partial charge in [0, 0.05) is 27.5 Å². The summed E-state index contributed by atoms with van der Waals surface area (Å²) < 4.78 is 6.11. The molecule has 2 heterocycles. The maximum absolute atomic E-state index is 9.65. The van der Waals surface area contributed by atoms with E-state index < -0.39 is 0 Å². The van der Waals surface area contributed by atoms with E-state index in [4.69, 9.17) is 19.4 Å². The van der Waals surface area contributed by atoms with Crippen LogP contribution in [-0.2, 0) is 10.8 Å². The van der Waals surface area contributed by atoms with E-state index in [1.807, 2.05) is 18.2 Å². The van der Waals surface area contributed by atoms with Gasteiger partial charge in [-0.3, -0.25) is 0 Å². The van der Waals surface area contributed by atoms with Crippen molar-refractivity contribution >= 4 is 21.9 Å². The number of rotatable bonds is 6. The number of aromatic nitrogens is 3. The molecule has 0 radical (unpaired) electrons. The van der Waals surface area contributed by atoms with E-state index in [0.29, 0.717) is 27.8 Å². The molecule has 5 aromatic carbocycles. The Morgan fingerprint density at radius 3 is 1.31 bits per heavy atom. The van der Waals surface area contributed by atoms with E-state index in [2.05, 4.69) is 91.0 Å². The molecule has 5 nitrogen and oxygen atoms in total. The van der Waals surface area contributed by atoms with E-state index in [1.54, 1.807) is 6.07 Å². The van der Waals surface area contributed by atoms with Crippen LogP contribution in [-0.4, -0.2) is 15.0 Å². The highest BCUT2D eigenvalue weighted by Crippen LogP contribution is 2.62. The Kier molecular flexibility index (Phi) is 7.38. The van der Waals surface area contributed by atoms with Crippen LogP contribution in [0.2, 0.25) is 0 Å². The molecule has 2 aromatic heterocycles. The zero-order valence-electron chi connectivity index (χ0n) is 33.5. The Morgan fingerprint density at radius 2 is 0.864 bits per heavy atom. The summed E-state index contributed by atoms with van der Waals surface area (Å²) in [4.78, 5) is 15.6. The molecule has 15 rings (SSSR count). The fourth-order valence-electron chi connectivity index (χ4n) is 14.5. The molecule has 8 saturated carbocycles. The number of nitrogens with zero attached hydrogens (tertiary/aromatic N) is 4. The van der Waals surface area contributed by atoms with Gasteiger partial charge in [0.2, 0.25) is 0 Å². The molecule has 0 aliphatic heterocycles. The largest absolute Gasteiger partial charge is 0.455 e. The fourth-order valence-corrected chi connectivity index (χ4v) is 14.5. The second kappa shape index (κ2) is 12.7. The number of hydrogen-bond donors (Lipinski definition) is 0. The van der Waals surface area contributed by atoms with Crippen molar-refractivity contribution in [3.63, 3.8) is 0 Å². The number of nitriles is 1. The first-order chi connectivity index (χ1) is 28.9. The summed E-state index contributed by atoms with van der Waals surface area (Å²) in [6, 6.07) is 41.6. The number of benzene rings is 5. The molecule has 5 heteroatoms. The van der Waals surface area contributed by atoms with Crippen molar-refractivity contribution in [2.45, 2.75) is 87.9 Å². The van der Waals surface area contributed by atoms with Crippen molar-refractivity contribution in [2.24, 2.45) is 35.5 Å². The third-order valence-corrected chi connectivity index (χ3v) is 16.3. The topological polar surface area (TPSA) is 75.6 Å². The van der Waals surface area contributed by atoms with E-state index in [1.165, 1.54) is 88.2 Å². The van der Waals surface area contributed by atoms with E-state index in [0.717, 1.165) is 91.3 Å². The molecule has 8 fully saturated rings. The van der Waals surface area contributed by atoms with Crippen molar-refractivity contribution in [3.8, 4) is 51.4 Å². The van der Waals surface area contributed by atoms with Crippen LogP contribution in [0.4, 0.5) is 0 Å². The van der Waals surface area contributed by atoms with Gasteiger partial charge in [-0.2, -0.15) is 5.26 Å². The molecule has 59 heavy (non-hydrogen) atoms. The minimum Gasteiger partial charge on any atom is -0.455 e. The molecule has 7 aromatic rings. The highest BCUT2D eigenvalue weighted by atomic mass is 16.3. The average Bonchev–Trinajstić information content (AvgIpc) is 3.64. The molecule has 0 atom stereocenters. The second-order valence-electron chi connectivity index (χ2n) is 20.0. The first-order valence-electron chi connectivity index (χ1n) is 22.4. The van der Waals surface area contributed by atoms with Gasteiger partial charge < -0.3 is 4.42 Å². The molecule has 0 saturated heterocycles. The molecule has 8 aliphatic rings. The predicted octanol–water partition coefficient (Wildman–Crippen LogP) is 13.2. The van der Waals surface area contributed by atoms with Crippen LogP contribution in [0, 0.1) is 46.8 Å². The van der Waals surface area contributed by atoms with Crippen molar-refractivity contribution in [2.75, 3.05) is 0 Å². The molecule has 0 spiro atoms. The summed E-state index contributed by atoms with van der Waals surface area (Å²) in [7, 11) is 0. The summed E-state index contributed by atoms with van der Waals surface area (Å²) in [6.07, 6.45) is 16.9. The lowest BCUT2D eigenvalue weighted by atomic mass is 9.48. The quantitative estimate of drug-likeness (QED) is 0.168. The van der Waals surface area contributed by atoms with Crippen molar-refractivity contribution in [1.82, 2.24) is 15.0 Å². The Hall–Kier alpha value is -5.60. The fraction of sp³-hybridized carbons (Fsp3) is 0.370. The normalized spacial score (nSPS) is 30.0. The summed E-state index contributed by atoms with van der Waals surface area (Å²) in [5, 5.41) is 11.6. The lowest BCUT2D eigenvalue weighted by Crippen LogP contribution is -2.48. The monoisotopic (exact) mass is 768 g/mol. The Labute approximate surface area is 345 Å². The molecular formula is C54H48N4O. The van der Waals surface area contributed by atoms with E-state index >= 15 is 0 Å². The summed E-state index contributed by atoms with van der Waals surface area (Å²) in [5.74, 6) is 7.65. The summed E-state index contributed by atoms with van der Waals surface area (Å²) >= 11 is 0. The lowest BCUT2D eigenvalue weighted by Gasteiger charge is -2.57. The van der Waals surface area contributed by atoms with Crippen LogP contribution >= 0.6 is 0 Å². The smallest absolute Gasteiger partial charge is 0.164 e. The van der Waals surface area contributed by atoms with Gasteiger partial charge in [-0.25, -0.2) is 15.0 Å². The first-order valence-corrected chi connectivity index (χ1v) is 22.4. The Bertz CT molecular complexity index is 2670. The lowest BCUT2D eigenvalue weighted by molar-refractivity contribution is -0.00530. The van der Waals surface area contributed by atoms with Gasteiger partial charge in [0.05, 0.1) is 5.56 Å². The number of furan rings is 1. The van der Waals surface area contributed by atoms with Crippen LogP contribution in [0.1, 0.15) is 93.7 Å².